The fourth-order valence-electron chi connectivity index (χ4n) is 1.66. The standard InChI is InChI=1S/C10H12N4O4S.C8H8N2O5.C2H6N2S/c1-12-5-7-18-10(16)14-8(19-2)13-9(15)17-6-3-4-11;1-9-4-5-14-8(13)15-10-6(11)2-3-7(10)12;1-5-2(3)4/h3,5-7H2,2H3,(H,13,14,15,16);2-5H2;1H3,(H3,3,4). The van der Waals surface area contributed by atoms with E-state index in [0.29, 0.717) is 5.06 Å². The van der Waals surface area contributed by atoms with Crippen LogP contribution in [0.2, 0.25) is 0 Å². The summed E-state index contributed by atoms with van der Waals surface area (Å²) in [6.45, 7) is 12.8. The molecule has 4 N–H and O–H groups in total. The van der Waals surface area contributed by atoms with Crippen LogP contribution in [0, 0.1) is 29.9 Å². The van der Waals surface area contributed by atoms with Gasteiger partial charge in [0.25, 0.3) is 11.8 Å². The molecule has 0 aromatic carbocycles. The third kappa shape index (κ3) is 21.3. The van der Waals surface area contributed by atoms with Crippen molar-refractivity contribution in [3.8, 4) is 6.07 Å². The topological polar surface area (TPSA) is 232 Å². The Balaban J connectivity index is 0. The number of nitrogens with two attached hydrogens (primary N) is 1. The van der Waals surface area contributed by atoms with Gasteiger partial charge in [-0.25, -0.2) is 27.5 Å². The number of hydroxylamine groups is 2. The van der Waals surface area contributed by atoms with Crippen LogP contribution in [0.4, 0.5) is 14.4 Å². The van der Waals surface area contributed by atoms with Crippen molar-refractivity contribution in [2.45, 2.75) is 19.3 Å². The van der Waals surface area contributed by atoms with Gasteiger partial charge in [0, 0.05) is 12.8 Å². The number of carbonyl (C=O) groups is 5. The fourth-order valence-corrected chi connectivity index (χ4v) is 2.02. The highest BCUT2D eigenvalue weighted by atomic mass is 32.2. The molecule has 0 aromatic heterocycles. The molecule has 39 heavy (non-hydrogen) atoms. The van der Waals surface area contributed by atoms with Crippen molar-refractivity contribution in [3.05, 3.63) is 22.8 Å². The predicted molar refractivity (Wildman–Crippen MR) is 139 cm³/mol. The Bertz CT molecular complexity index is 1000. The second kappa shape index (κ2) is 23.8. The Hall–Kier alpha value is -4.54. The number of amidine groups is 2. The third-order valence-electron chi connectivity index (χ3n) is 3.29. The van der Waals surface area contributed by atoms with E-state index in [2.05, 4.69) is 39.0 Å². The third-order valence-corrected chi connectivity index (χ3v) is 4.31. The molecule has 0 spiro atoms. The molecule has 1 saturated heterocycles. The number of rotatable bonds is 7. The number of nitriles is 1. The van der Waals surface area contributed by atoms with E-state index in [-0.39, 0.29) is 62.5 Å². The molecule has 1 rings (SSSR count). The first-order valence-electron chi connectivity index (χ1n) is 10.4. The number of thioether (sulfide) groups is 2. The van der Waals surface area contributed by atoms with Gasteiger partial charge in [0.05, 0.1) is 12.5 Å². The molecule has 1 aliphatic rings. The maximum Gasteiger partial charge on any atom is 0.534 e. The minimum atomic E-state index is -1.15. The van der Waals surface area contributed by atoms with E-state index < -0.39 is 30.2 Å². The predicted octanol–water partition coefficient (Wildman–Crippen LogP) is 1.77. The molecule has 0 unspecified atom stereocenters. The number of nitrogens with one attached hydrogen (secondary N) is 2. The number of aliphatic imine (C=N–C) groups is 1. The Morgan fingerprint density at radius 2 is 1.62 bits per heavy atom. The molecular weight excluding hydrogens is 560 g/mol. The Morgan fingerprint density at radius 3 is 2.08 bits per heavy atom. The van der Waals surface area contributed by atoms with Crippen LogP contribution in [-0.2, 0) is 28.6 Å². The highest BCUT2D eigenvalue weighted by molar-refractivity contribution is 8.13. The molecule has 19 heteroatoms. The molecule has 0 atom stereocenters. The Kier molecular flexibility index (Phi) is 22.4. The lowest BCUT2D eigenvalue weighted by atomic mass is 10.4. The highest BCUT2D eigenvalue weighted by Crippen LogP contribution is 2.12. The van der Waals surface area contributed by atoms with Crippen molar-refractivity contribution in [2.24, 2.45) is 10.7 Å². The maximum absolute atomic E-state index is 11.2. The number of hydrogen-bond donors (Lipinski definition) is 3. The van der Waals surface area contributed by atoms with Gasteiger partial charge in [-0.15, -0.1) is 0 Å². The smallest absolute Gasteiger partial charge is 0.447 e. The SMILES string of the molecule is CSC(=N)N.[C-]#[N+]CCOC(=O)NC(=NC(=O)OCCC#N)SC.[C-]#[N+]CCOC(=O)ON1C(=O)CCC1=O. The molecule has 0 bridgehead atoms. The van der Waals surface area contributed by atoms with E-state index >= 15 is 0 Å². The second-order valence-corrected chi connectivity index (χ2v) is 7.65. The largest absolute Gasteiger partial charge is 0.534 e. The van der Waals surface area contributed by atoms with Crippen molar-refractivity contribution in [1.29, 1.82) is 10.7 Å². The van der Waals surface area contributed by atoms with Crippen LogP contribution in [0.15, 0.2) is 4.99 Å². The van der Waals surface area contributed by atoms with Gasteiger partial charge in [0.1, 0.15) is 6.61 Å². The molecule has 4 amide bonds. The summed E-state index contributed by atoms with van der Waals surface area (Å²) in [6, 6.07) is 1.81. The van der Waals surface area contributed by atoms with Crippen molar-refractivity contribution < 1.29 is 43.0 Å². The molecule has 1 fully saturated rings. The van der Waals surface area contributed by atoms with Crippen LogP contribution in [-0.4, -0.2) is 91.0 Å². The summed E-state index contributed by atoms with van der Waals surface area (Å²) in [6.07, 6.45) is 0.651. The summed E-state index contributed by atoms with van der Waals surface area (Å²) in [4.78, 5) is 69.0. The van der Waals surface area contributed by atoms with Gasteiger partial charge in [-0.1, -0.05) is 28.6 Å². The second-order valence-electron chi connectivity index (χ2n) is 6.01. The average molecular weight is 587 g/mol. The summed E-state index contributed by atoms with van der Waals surface area (Å²) >= 11 is 2.26. The molecule has 17 nitrogen and oxygen atoms in total. The van der Waals surface area contributed by atoms with E-state index in [0.717, 1.165) is 11.8 Å². The number of alkyl carbamates (subject to hydrolysis) is 1. The molecule has 212 valence electrons. The number of amides is 4. The number of carbonyl (C=O) groups excluding carboxylic acids is 5. The lowest BCUT2D eigenvalue weighted by molar-refractivity contribution is -0.176. The van der Waals surface area contributed by atoms with Crippen LogP contribution in [0.1, 0.15) is 19.3 Å². The highest BCUT2D eigenvalue weighted by Gasteiger charge is 2.33. The van der Waals surface area contributed by atoms with Crippen molar-refractivity contribution in [1.82, 2.24) is 10.4 Å². The van der Waals surface area contributed by atoms with Crippen LogP contribution in [0.3, 0.4) is 0 Å². The summed E-state index contributed by atoms with van der Waals surface area (Å²) in [5, 5.41) is 17.5. The van der Waals surface area contributed by atoms with E-state index in [1.165, 1.54) is 11.8 Å². The van der Waals surface area contributed by atoms with Gasteiger partial charge < -0.3 is 29.6 Å². The van der Waals surface area contributed by atoms with Gasteiger partial charge in [-0.05, 0) is 12.5 Å². The molecule has 0 aromatic rings. The lowest BCUT2D eigenvalue weighted by Gasteiger charge is -2.11. The zero-order valence-electron chi connectivity index (χ0n) is 21.0. The summed E-state index contributed by atoms with van der Waals surface area (Å²) in [5.41, 5.74) is 4.84. The molecule has 0 radical (unpaired) electrons. The minimum absolute atomic E-state index is 0.00905. The van der Waals surface area contributed by atoms with Crippen molar-refractivity contribution in [2.75, 3.05) is 45.4 Å². The number of ether oxygens (including phenoxy) is 3. The number of imide groups is 1. The zero-order chi connectivity index (χ0) is 30.1. The summed E-state index contributed by atoms with van der Waals surface area (Å²) < 4.78 is 13.7. The molecule has 0 aliphatic carbocycles. The van der Waals surface area contributed by atoms with Gasteiger partial charge in [-0.3, -0.25) is 25.2 Å². The van der Waals surface area contributed by atoms with Crippen LogP contribution >= 0.6 is 23.5 Å². The van der Waals surface area contributed by atoms with Gasteiger partial charge in [0.15, 0.2) is 23.5 Å². The van der Waals surface area contributed by atoms with E-state index in [1.54, 1.807) is 18.6 Å². The Labute approximate surface area is 232 Å². The maximum atomic E-state index is 11.2. The quantitative estimate of drug-likeness (QED) is 0.0735. The summed E-state index contributed by atoms with van der Waals surface area (Å²) in [7, 11) is 0. The first-order chi connectivity index (χ1) is 18.6. The number of nitrogens with zero attached hydrogens (tertiary/aromatic N) is 5. The molecule has 1 heterocycles. The van der Waals surface area contributed by atoms with E-state index in [9.17, 15) is 24.0 Å². The first-order valence-corrected chi connectivity index (χ1v) is 12.9. The summed E-state index contributed by atoms with van der Waals surface area (Å²) in [5.74, 6) is -1.13. The molecule has 0 saturated carbocycles. The normalized spacial score (nSPS) is 11.6. The van der Waals surface area contributed by atoms with Crippen LogP contribution in [0.5, 0.6) is 0 Å². The van der Waals surface area contributed by atoms with Crippen molar-refractivity contribution >= 4 is 64.0 Å². The molecule has 1 aliphatic heterocycles. The van der Waals surface area contributed by atoms with Gasteiger partial charge in [0.2, 0.25) is 13.1 Å². The minimum Gasteiger partial charge on any atom is -0.447 e. The van der Waals surface area contributed by atoms with Crippen LogP contribution in [0.25, 0.3) is 9.69 Å². The number of hydrogen-bond acceptors (Lipinski definition) is 13. The van der Waals surface area contributed by atoms with E-state index in [1.807, 2.05) is 0 Å². The fraction of sp³-hybridized carbons (Fsp3) is 0.500. The monoisotopic (exact) mass is 586 g/mol. The van der Waals surface area contributed by atoms with Crippen LogP contribution < -0.4 is 11.1 Å². The van der Waals surface area contributed by atoms with Crippen molar-refractivity contribution in [3.63, 3.8) is 0 Å². The average Bonchev–Trinajstić information content (AvgIpc) is 3.21. The van der Waals surface area contributed by atoms with Gasteiger partial charge >= 0.3 is 18.3 Å². The first kappa shape index (κ1) is 36.6. The lowest BCUT2D eigenvalue weighted by Crippen LogP contribution is -2.32. The zero-order valence-corrected chi connectivity index (χ0v) is 22.6. The molecular formula is C20H26N8O9S2. The Morgan fingerprint density at radius 1 is 1.08 bits per heavy atom. The van der Waals surface area contributed by atoms with Gasteiger partial charge in [-0.2, -0.15) is 10.3 Å². The van der Waals surface area contributed by atoms with E-state index in [4.69, 9.17) is 29.5 Å².